The van der Waals surface area contributed by atoms with Gasteiger partial charge in [-0.1, -0.05) is 56.9 Å². The molecule has 1 saturated heterocycles. The first-order valence-electron chi connectivity index (χ1n) is 8.91. The minimum atomic E-state index is -2.59. The molecule has 1 aliphatic heterocycles. The first kappa shape index (κ1) is 19.4. The van der Waals surface area contributed by atoms with Crippen LogP contribution in [0.3, 0.4) is 0 Å². The molecule has 2 fully saturated rings. The van der Waals surface area contributed by atoms with Crippen LogP contribution in [0.1, 0.15) is 56.1 Å². The largest absolute Gasteiger partial charge is 0.327 e. The third-order valence-electron chi connectivity index (χ3n) is 4.65. The van der Waals surface area contributed by atoms with Gasteiger partial charge in [-0.15, -0.1) is 0 Å². The van der Waals surface area contributed by atoms with Gasteiger partial charge in [0.1, 0.15) is 6.29 Å². The number of rotatable bonds is 4. The molecule has 1 aliphatic carbocycles. The van der Waals surface area contributed by atoms with Crippen molar-refractivity contribution in [2.75, 3.05) is 19.9 Å². The van der Waals surface area contributed by atoms with E-state index in [1.165, 1.54) is 44.3 Å². The monoisotopic (exact) mass is 352 g/mol. The van der Waals surface area contributed by atoms with Crippen LogP contribution >= 0.6 is 7.60 Å². The molecule has 0 spiro atoms. The lowest BCUT2D eigenvalue weighted by Crippen LogP contribution is -2.06. The van der Waals surface area contributed by atoms with Crippen molar-refractivity contribution in [2.24, 2.45) is 5.92 Å². The molecule has 0 aromatic heterocycles. The minimum absolute atomic E-state index is 0.0283. The predicted octanol–water partition coefficient (Wildman–Crippen LogP) is 4.97. The number of carbonyl (C=O) groups excluding carboxylic acids is 1. The highest BCUT2D eigenvalue weighted by molar-refractivity contribution is 7.53. The quantitative estimate of drug-likeness (QED) is 0.567. The number of benzene rings is 1. The fourth-order valence-corrected chi connectivity index (χ4v) is 4.14. The van der Waals surface area contributed by atoms with Gasteiger partial charge in [0.25, 0.3) is 0 Å². The smallest absolute Gasteiger partial charge is 0.309 e. The first-order valence-corrected chi connectivity index (χ1v) is 10.9. The molecule has 3 rings (SSSR count). The standard InChI is InChI=1S/C15H20O.C4H9O3P/c1-12(11-16)15-8-6-14(7-9-15)10-13-4-2-3-5-13;1-8(5)6-3-2-4-7-8/h6-9,11-13H,2-5,10H2,1H3;2-4H2,1H3. The van der Waals surface area contributed by atoms with Gasteiger partial charge in [-0.3, -0.25) is 4.57 Å². The molecule has 1 aromatic rings. The summed E-state index contributed by atoms with van der Waals surface area (Å²) in [5.41, 5.74) is 2.55. The van der Waals surface area contributed by atoms with Crippen molar-refractivity contribution in [1.82, 2.24) is 0 Å². The van der Waals surface area contributed by atoms with Crippen molar-refractivity contribution in [2.45, 2.75) is 51.4 Å². The van der Waals surface area contributed by atoms with E-state index in [-0.39, 0.29) is 5.92 Å². The molecule has 4 nitrogen and oxygen atoms in total. The lowest BCUT2D eigenvalue weighted by molar-refractivity contribution is -0.108. The van der Waals surface area contributed by atoms with Crippen molar-refractivity contribution in [1.29, 1.82) is 0 Å². The molecule has 1 aromatic carbocycles. The van der Waals surface area contributed by atoms with Crippen LogP contribution in [0.4, 0.5) is 0 Å². The Labute approximate surface area is 145 Å². The van der Waals surface area contributed by atoms with Crippen LogP contribution < -0.4 is 0 Å². The molecule has 1 saturated carbocycles. The van der Waals surface area contributed by atoms with E-state index in [0.29, 0.717) is 13.2 Å². The molecule has 0 radical (unpaired) electrons. The number of aldehydes is 1. The van der Waals surface area contributed by atoms with E-state index in [2.05, 4.69) is 24.3 Å². The molecule has 5 heteroatoms. The van der Waals surface area contributed by atoms with Gasteiger partial charge in [0.05, 0.1) is 13.2 Å². The maximum Gasteiger partial charge on any atom is 0.327 e. The summed E-state index contributed by atoms with van der Waals surface area (Å²) in [4.78, 5) is 10.7. The van der Waals surface area contributed by atoms with Crippen molar-refractivity contribution >= 4 is 13.9 Å². The second-order valence-corrected chi connectivity index (χ2v) is 8.87. The average molecular weight is 352 g/mol. The highest BCUT2D eigenvalue weighted by atomic mass is 31.2. The number of carbonyl (C=O) groups is 1. The average Bonchev–Trinajstić information content (AvgIpc) is 3.08. The summed E-state index contributed by atoms with van der Waals surface area (Å²) >= 11 is 0. The number of hydrogen-bond donors (Lipinski definition) is 0. The maximum absolute atomic E-state index is 10.8. The molecule has 1 heterocycles. The van der Waals surface area contributed by atoms with Gasteiger partial charge in [-0.25, -0.2) is 0 Å². The van der Waals surface area contributed by atoms with E-state index < -0.39 is 7.60 Å². The minimum Gasteiger partial charge on any atom is -0.309 e. The lowest BCUT2D eigenvalue weighted by atomic mass is 9.95. The van der Waals surface area contributed by atoms with E-state index in [1.807, 2.05) is 6.92 Å². The Hall–Kier alpha value is -0.960. The zero-order chi connectivity index (χ0) is 17.4. The van der Waals surface area contributed by atoms with Gasteiger partial charge >= 0.3 is 7.60 Å². The van der Waals surface area contributed by atoms with Crippen LogP contribution in [0.2, 0.25) is 0 Å². The fourth-order valence-electron chi connectivity index (χ4n) is 3.14. The van der Waals surface area contributed by atoms with E-state index in [1.54, 1.807) is 0 Å². The first-order chi connectivity index (χ1) is 11.5. The zero-order valence-electron chi connectivity index (χ0n) is 14.8. The molecule has 0 amide bonds. The second kappa shape index (κ2) is 9.50. The third kappa shape index (κ3) is 6.51. The van der Waals surface area contributed by atoms with Crippen molar-refractivity contribution in [3.63, 3.8) is 0 Å². The zero-order valence-corrected chi connectivity index (χ0v) is 15.7. The van der Waals surface area contributed by atoms with Crippen molar-refractivity contribution in [3.05, 3.63) is 35.4 Å². The summed E-state index contributed by atoms with van der Waals surface area (Å²) in [6.45, 7) is 4.59. The Bertz CT molecular complexity index is 539. The lowest BCUT2D eigenvalue weighted by Gasteiger charge is -2.18. The Balaban J connectivity index is 0.000000219. The van der Waals surface area contributed by atoms with Gasteiger partial charge in [-0.2, -0.15) is 0 Å². The van der Waals surface area contributed by atoms with E-state index in [9.17, 15) is 9.36 Å². The molecule has 24 heavy (non-hydrogen) atoms. The summed E-state index contributed by atoms with van der Waals surface area (Å²) in [5.74, 6) is 0.926. The summed E-state index contributed by atoms with van der Waals surface area (Å²) < 4.78 is 20.4. The molecular formula is C19H29O4P. The summed E-state index contributed by atoms with van der Waals surface area (Å²) in [5, 5.41) is 0. The molecular weight excluding hydrogens is 323 g/mol. The van der Waals surface area contributed by atoms with Crippen LogP contribution in [-0.2, 0) is 24.8 Å². The Morgan fingerprint density at radius 3 is 2.17 bits per heavy atom. The predicted molar refractivity (Wildman–Crippen MR) is 96.6 cm³/mol. The SMILES string of the molecule is CC(C=O)c1ccc(CC2CCCC2)cc1.CP1(=O)OCCCO1. The van der Waals surface area contributed by atoms with Gasteiger partial charge in [0, 0.05) is 12.6 Å². The van der Waals surface area contributed by atoms with E-state index in [0.717, 1.165) is 24.2 Å². The molecule has 1 atom stereocenters. The third-order valence-corrected chi connectivity index (χ3v) is 5.95. The molecule has 1 unspecified atom stereocenters. The Kier molecular flexibility index (Phi) is 7.67. The number of hydrogen-bond acceptors (Lipinski definition) is 4. The highest BCUT2D eigenvalue weighted by Gasteiger charge is 2.19. The van der Waals surface area contributed by atoms with Gasteiger partial charge in [-0.05, 0) is 29.9 Å². The second-order valence-electron chi connectivity index (χ2n) is 6.81. The topological polar surface area (TPSA) is 52.6 Å². The van der Waals surface area contributed by atoms with Crippen LogP contribution in [0, 0.1) is 5.92 Å². The summed E-state index contributed by atoms with van der Waals surface area (Å²) in [6.07, 6.45) is 8.69. The van der Waals surface area contributed by atoms with Gasteiger partial charge in [0.15, 0.2) is 0 Å². The van der Waals surface area contributed by atoms with Crippen LogP contribution in [0.25, 0.3) is 0 Å². The van der Waals surface area contributed by atoms with Crippen LogP contribution in [0.5, 0.6) is 0 Å². The summed E-state index contributed by atoms with van der Waals surface area (Å²) in [6, 6.07) is 8.58. The fraction of sp³-hybridized carbons (Fsp3) is 0.632. The summed E-state index contributed by atoms with van der Waals surface area (Å²) in [7, 11) is -2.59. The van der Waals surface area contributed by atoms with E-state index in [4.69, 9.17) is 9.05 Å². The van der Waals surface area contributed by atoms with Gasteiger partial charge in [0.2, 0.25) is 0 Å². The van der Waals surface area contributed by atoms with Crippen LogP contribution in [-0.4, -0.2) is 26.2 Å². The van der Waals surface area contributed by atoms with E-state index >= 15 is 0 Å². The highest BCUT2D eigenvalue weighted by Crippen LogP contribution is 2.46. The van der Waals surface area contributed by atoms with Gasteiger partial charge < -0.3 is 13.8 Å². The molecule has 0 bridgehead atoms. The normalized spacial score (nSPS) is 21.6. The Morgan fingerprint density at radius 2 is 1.71 bits per heavy atom. The molecule has 0 N–H and O–H groups in total. The van der Waals surface area contributed by atoms with Crippen molar-refractivity contribution in [3.8, 4) is 0 Å². The van der Waals surface area contributed by atoms with Crippen molar-refractivity contribution < 1.29 is 18.4 Å². The Morgan fingerprint density at radius 1 is 1.12 bits per heavy atom. The van der Waals surface area contributed by atoms with Crippen LogP contribution in [0.15, 0.2) is 24.3 Å². The molecule has 134 valence electrons. The maximum atomic E-state index is 10.8. The molecule has 2 aliphatic rings.